The molecule has 0 amide bonds. The molecule has 23 heavy (non-hydrogen) atoms. The van der Waals surface area contributed by atoms with Crippen LogP contribution < -0.4 is 9.57 Å². The molecule has 4 aromatic rings. The van der Waals surface area contributed by atoms with Crippen LogP contribution in [0.3, 0.4) is 0 Å². The van der Waals surface area contributed by atoms with Crippen LogP contribution in [-0.4, -0.2) is 0 Å². The number of hydrogen-bond donors (Lipinski definition) is 0. The summed E-state index contributed by atoms with van der Waals surface area (Å²) in [4.78, 5) is 6.00. The molecule has 0 aliphatic heterocycles. The molecule has 0 unspecified atom stereocenters. The molecule has 0 saturated heterocycles. The highest BCUT2D eigenvalue weighted by Gasteiger charge is 2.10. The van der Waals surface area contributed by atoms with Gasteiger partial charge < -0.3 is 0 Å². The van der Waals surface area contributed by atoms with E-state index >= 15 is 0 Å². The first-order chi connectivity index (χ1) is 11.4. The molecule has 0 N–H and O–H groups in total. The largest absolute Gasteiger partial charge is 0.265 e. The van der Waals surface area contributed by atoms with E-state index in [0.717, 1.165) is 16.7 Å². The van der Waals surface area contributed by atoms with Gasteiger partial charge in [0.2, 0.25) is 11.9 Å². The topological polar surface area (TPSA) is 13.1 Å². The molecule has 4 rings (SSSR count). The first kappa shape index (κ1) is 13.5. The fourth-order valence-electron chi connectivity index (χ4n) is 2.67. The lowest BCUT2D eigenvalue weighted by atomic mass is 10.1. The Morgan fingerprint density at radius 2 is 1.22 bits per heavy atom. The van der Waals surface area contributed by atoms with Gasteiger partial charge in [-0.2, -0.15) is 0 Å². The first-order valence-electron chi connectivity index (χ1n) is 7.63. The van der Waals surface area contributed by atoms with Gasteiger partial charge in [0, 0.05) is 16.9 Å². The van der Waals surface area contributed by atoms with Gasteiger partial charge in [0.25, 0.3) is 5.52 Å². The Labute approximate surface area is 135 Å². The van der Waals surface area contributed by atoms with E-state index in [1.807, 2.05) is 60.8 Å². The standard InChI is InChI=1S/C21H16NO/c1-2-7-17(8-3-1)18-12-14-20(15-13-18)23-22-16-6-10-19-9-4-5-11-21(19)22/h1-16H/q+1. The molecular formula is C21H16NO+. The maximum atomic E-state index is 6.00. The summed E-state index contributed by atoms with van der Waals surface area (Å²) in [5, 5.41) is 1.15. The van der Waals surface area contributed by atoms with Gasteiger partial charge in [0.05, 0.1) is 5.39 Å². The molecule has 0 fully saturated rings. The summed E-state index contributed by atoms with van der Waals surface area (Å²) in [5.74, 6) is 0.811. The van der Waals surface area contributed by atoms with Crippen LogP contribution in [0.1, 0.15) is 0 Å². The number of pyridine rings is 1. The maximum absolute atomic E-state index is 6.00. The van der Waals surface area contributed by atoms with E-state index < -0.39 is 0 Å². The molecule has 1 aromatic heterocycles. The Morgan fingerprint density at radius 3 is 2.04 bits per heavy atom. The van der Waals surface area contributed by atoms with Gasteiger partial charge in [-0.15, -0.1) is 0 Å². The van der Waals surface area contributed by atoms with E-state index in [-0.39, 0.29) is 0 Å². The zero-order chi connectivity index (χ0) is 15.5. The van der Waals surface area contributed by atoms with Gasteiger partial charge in [0.15, 0.2) is 0 Å². The van der Waals surface area contributed by atoms with Crippen LogP contribution in [0.2, 0.25) is 0 Å². The predicted octanol–water partition coefficient (Wildman–Crippen LogP) is 4.64. The van der Waals surface area contributed by atoms with Crippen molar-refractivity contribution in [2.75, 3.05) is 0 Å². The fourth-order valence-corrected chi connectivity index (χ4v) is 2.67. The average molecular weight is 298 g/mol. The number of fused-ring (bicyclic) bond motifs is 1. The Balaban J connectivity index is 1.64. The lowest BCUT2D eigenvalue weighted by molar-refractivity contribution is -0.854. The van der Waals surface area contributed by atoms with E-state index in [2.05, 4.69) is 36.4 Å². The van der Waals surface area contributed by atoms with Crippen molar-refractivity contribution >= 4 is 10.9 Å². The Kier molecular flexibility index (Phi) is 3.49. The Bertz CT molecular complexity index is 925. The number of benzene rings is 3. The summed E-state index contributed by atoms with van der Waals surface area (Å²) >= 11 is 0. The third-order valence-corrected chi connectivity index (χ3v) is 3.84. The van der Waals surface area contributed by atoms with Crippen LogP contribution in [-0.2, 0) is 0 Å². The van der Waals surface area contributed by atoms with Crippen molar-refractivity contribution in [1.82, 2.24) is 0 Å². The van der Waals surface area contributed by atoms with E-state index in [1.54, 1.807) is 4.73 Å². The molecule has 0 saturated carbocycles. The highest BCUT2D eigenvalue weighted by molar-refractivity contribution is 5.74. The van der Waals surface area contributed by atoms with Gasteiger partial charge in [-0.3, -0.25) is 0 Å². The first-order valence-corrected chi connectivity index (χ1v) is 7.63. The molecule has 0 aliphatic rings. The lowest BCUT2D eigenvalue weighted by Gasteiger charge is -2.03. The van der Waals surface area contributed by atoms with Gasteiger partial charge in [-0.05, 0) is 35.4 Å². The molecule has 3 aromatic carbocycles. The van der Waals surface area contributed by atoms with Crippen molar-refractivity contribution in [3.05, 3.63) is 97.2 Å². The summed E-state index contributed by atoms with van der Waals surface area (Å²) in [7, 11) is 0. The molecule has 2 nitrogen and oxygen atoms in total. The van der Waals surface area contributed by atoms with E-state index in [1.165, 1.54) is 11.1 Å². The Hall–Kier alpha value is -3.13. The summed E-state index contributed by atoms with van der Waals surface area (Å²) < 4.78 is 1.80. The molecule has 1 heterocycles. The molecule has 0 spiro atoms. The minimum Gasteiger partial charge on any atom is -0.231 e. The average Bonchev–Trinajstić information content (AvgIpc) is 2.63. The van der Waals surface area contributed by atoms with Gasteiger partial charge in [0.1, 0.15) is 0 Å². The van der Waals surface area contributed by atoms with Crippen LogP contribution in [0.25, 0.3) is 22.0 Å². The van der Waals surface area contributed by atoms with E-state index in [4.69, 9.17) is 4.84 Å². The van der Waals surface area contributed by atoms with Crippen LogP contribution in [0.5, 0.6) is 5.75 Å². The molecule has 0 aliphatic carbocycles. The zero-order valence-corrected chi connectivity index (χ0v) is 12.6. The molecule has 0 atom stereocenters. The maximum Gasteiger partial charge on any atom is 0.265 e. The van der Waals surface area contributed by atoms with Gasteiger partial charge >= 0.3 is 0 Å². The van der Waals surface area contributed by atoms with Crippen molar-refractivity contribution in [2.24, 2.45) is 0 Å². The summed E-state index contributed by atoms with van der Waals surface area (Å²) in [6.45, 7) is 0. The lowest BCUT2D eigenvalue weighted by Crippen LogP contribution is -2.39. The van der Waals surface area contributed by atoms with E-state index in [9.17, 15) is 0 Å². The van der Waals surface area contributed by atoms with Crippen LogP contribution in [0.15, 0.2) is 97.2 Å². The molecule has 0 radical (unpaired) electrons. The van der Waals surface area contributed by atoms with Crippen molar-refractivity contribution in [3.63, 3.8) is 0 Å². The van der Waals surface area contributed by atoms with Gasteiger partial charge in [-0.1, -0.05) is 54.6 Å². The van der Waals surface area contributed by atoms with E-state index in [0.29, 0.717) is 0 Å². The fraction of sp³-hybridized carbons (Fsp3) is 0. The normalized spacial score (nSPS) is 10.6. The van der Waals surface area contributed by atoms with Crippen molar-refractivity contribution in [1.29, 1.82) is 0 Å². The second-order valence-corrected chi connectivity index (χ2v) is 5.37. The van der Waals surface area contributed by atoms with Crippen molar-refractivity contribution in [2.45, 2.75) is 0 Å². The summed E-state index contributed by atoms with van der Waals surface area (Å²) in [5.41, 5.74) is 3.43. The minimum absolute atomic E-state index is 0.811. The zero-order valence-electron chi connectivity index (χ0n) is 12.6. The third kappa shape index (κ3) is 2.79. The van der Waals surface area contributed by atoms with Crippen LogP contribution >= 0.6 is 0 Å². The highest BCUT2D eigenvalue weighted by atomic mass is 16.7. The second kappa shape index (κ2) is 5.93. The molecule has 2 heteroatoms. The third-order valence-electron chi connectivity index (χ3n) is 3.84. The molecule has 0 bridgehead atoms. The summed E-state index contributed by atoms with van der Waals surface area (Å²) in [6.07, 6.45) is 1.92. The second-order valence-electron chi connectivity index (χ2n) is 5.37. The van der Waals surface area contributed by atoms with Crippen molar-refractivity contribution < 1.29 is 9.57 Å². The highest BCUT2D eigenvalue weighted by Crippen LogP contribution is 2.22. The molecular weight excluding hydrogens is 282 g/mol. The van der Waals surface area contributed by atoms with Crippen LogP contribution in [0, 0.1) is 0 Å². The summed E-state index contributed by atoms with van der Waals surface area (Å²) in [6, 6.07) is 30.7. The predicted molar refractivity (Wildman–Crippen MR) is 92.0 cm³/mol. The SMILES string of the molecule is c1ccc(-c2ccc(O[n+]3cccc4ccccc43)cc2)cc1. The Morgan fingerprint density at radius 1 is 0.565 bits per heavy atom. The smallest absolute Gasteiger partial charge is 0.231 e. The number of aromatic nitrogens is 1. The number of para-hydroxylation sites is 1. The quantitative estimate of drug-likeness (QED) is 0.502. The van der Waals surface area contributed by atoms with Gasteiger partial charge in [-0.25, -0.2) is 4.84 Å². The van der Waals surface area contributed by atoms with Crippen LogP contribution in [0.4, 0.5) is 0 Å². The minimum atomic E-state index is 0.811. The number of nitrogens with zero attached hydrogens (tertiary/aromatic N) is 1. The number of hydrogen-bond acceptors (Lipinski definition) is 1. The monoisotopic (exact) mass is 298 g/mol. The van der Waals surface area contributed by atoms with Crippen molar-refractivity contribution in [3.8, 4) is 16.9 Å². The molecule has 110 valence electrons. The number of rotatable bonds is 3.